The lowest BCUT2D eigenvalue weighted by Gasteiger charge is -2.14. The first kappa shape index (κ1) is 20.9. The molecule has 3 aromatic rings. The van der Waals surface area contributed by atoms with E-state index in [0.717, 1.165) is 16.8 Å². The monoisotopic (exact) mass is 455 g/mol. The molecule has 3 nitrogen and oxygen atoms in total. The highest BCUT2D eigenvalue weighted by atomic mass is 35.5. The average Bonchev–Trinajstić information content (AvgIpc) is 2.67. The van der Waals surface area contributed by atoms with E-state index in [1.165, 1.54) is 0 Å². The topological polar surface area (TPSA) is 30.5 Å². The van der Waals surface area contributed by atoms with E-state index in [-0.39, 0.29) is 6.61 Å². The molecule has 0 unspecified atom stereocenters. The zero-order valence-electron chi connectivity index (χ0n) is 14.9. The summed E-state index contributed by atoms with van der Waals surface area (Å²) in [5, 5.41) is 5.56. The molecule has 3 rings (SSSR count). The first-order chi connectivity index (χ1) is 13.5. The molecule has 0 amide bonds. The van der Waals surface area contributed by atoms with Crippen LogP contribution in [0.3, 0.4) is 0 Å². The second-order valence-electron chi connectivity index (χ2n) is 5.95. The number of hydrogen-bond donors (Lipinski definition) is 1. The third kappa shape index (κ3) is 5.18. The van der Waals surface area contributed by atoms with E-state index in [4.69, 9.17) is 55.9 Å². The Labute approximate surface area is 184 Å². The minimum absolute atomic E-state index is 0.243. The van der Waals surface area contributed by atoms with Gasteiger partial charge < -0.3 is 14.8 Å². The number of ether oxygens (including phenoxy) is 2. The van der Waals surface area contributed by atoms with Gasteiger partial charge in [0.1, 0.15) is 6.61 Å². The number of rotatable bonds is 7. The van der Waals surface area contributed by atoms with Gasteiger partial charge in [-0.15, -0.1) is 0 Å². The predicted molar refractivity (Wildman–Crippen MR) is 118 cm³/mol. The molecule has 146 valence electrons. The van der Waals surface area contributed by atoms with Crippen molar-refractivity contribution in [2.24, 2.45) is 0 Å². The lowest BCUT2D eigenvalue weighted by Crippen LogP contribution is -2.02. The van der Waals surface area contributed by atoms with Gasteiger partial charge in [-0.1, -0.05) is 58.5 Å². The van der Waals surface area contributed by atoms with Crippen LogP contribution in [0.15, 0.2) is 54.6 Å². The highest BCUT2D eigenvalue weighted by molar-refractivity contribution is 6.36. The van der Waals surface area contributed by atoms with Crippen molar-refractivity contribution in [3.8, 4) is 11.5 Å². The maximum absolute atomic E-state index is 6.19. The molecular weight excluding hydrogens is 440 g/mol. The number of methoxy groups -OCH3 is 1. The van der Waals surface area contributed by atoms with E-state index in [1.54, 1.807) is 37.4 Å². The van der Waals surface area contributed by atoms with Crippen molar-refractivity contribution in [2.75, 3.05) is 12.4 Å². The normalized spacial score (nSPS) is 10.6. The third-order valence-electron chi connectivity index (χ3n) is 4.08. The summed E-state index contributed by atoms with van der Waals surface area (Å²) in [6.45, 7) is 0.807. The van der Waals surface area contributed by atoms with Gasteiger partial charge in [0.2, 0.25) is 0 Å². The molecule has 0 aliphatic heterocycles. The van der Waals surface area contributed by atoms with Crippen LogP contribution in [0.1, 0.15) is 11.1 Å². The van der Waals surface area contributed by atoms with Crippen LogP contribution < -0.4 is 14.8 Å². The van der Waals surface area contributed by atoms with E-state index >= 15 is 0 Å². The largest absolute Gasteiger partial charge is 0.493 e. The van der Waals surface area contributed by atoms with Gasteiger partial charge in [-0.3, -0.25) is 0 Å². The van der Waals surface area contributed by atoms with Gasteiger partial charge in [0.15, 0.2) is 11.5 Å². The fourth-order valence-corrected chi connectivity index (χ4v) is 3.57. The lowest BCUT2D eigenvalue weighted by atomic mass is 10.2. The van der Waals surface area contributed by atoms with Crippen molar-refractivity contribution in [2.45, 2.75) is 13.2 Å². The Bertz CT molecular complexity index is 958. The van der Waals surface area contributed by atoms with E-state index in [2.05, 4.69) is 5.32 Å². The number of anilines is 1. The standard InChI is InChI=1S/C21H17Cl4NO2/c1-27-21-9-13(11-26-19-7-6-14(22)10-18(19)25)5-8-20(21)28-12-15-16(23)3-2-4-17(15)24/h2-10,26H,11-12H2,1H3. The van der Waals surface area contributed by atoms with Crippen molar-refractivity contribution < 1.29 is 9.47 Å². The van der Waals surface area contributed by atoms with Crippen molar-refractivity contribution >= 4 is 52.1 Å². The van der Waals surface area contributed by atoms with Gasteiger partial charge >= 0.3 is 0 Å². The molecule has 0 aliphatic rings. The zero-order chi connectivity index (χ0) is 20.1. The highest BCUT2D eigenvalue weighted by Crippen LogP contribution is 2.32. The zero-order valence-corrected chi connectivity index (χ0v) is 18.0. The van der Waals surface area contributed by atoms with Gasteiger partial charge in [-0.05, 0) is 48.0 Å². The smallest absolute Gasteiger partial charge is 0.161 e. The fraction of sp³-hybridized carbons (Fsp3) is 0.143. The van der Waals surface area contributed by atoms with Crippen LogP contribution in [0.4, 0.5) is 5.69 Å². The molecule has 0 spiro atoms. The molecule has 0 aromatic heterocycles. The maximum Gasteiger partial charge on any atom is 0.161 e. The summed E-state index contributed by atoms with van der Waals surface area (Å²) in [6, 6.07) is 16.4. The van der Waals surface area contributed by atoms with Gasteiger partial charge in [0.05, 0.1) is 17.8 Å². The second kappa shape index (κ2) is 9.62. The van der Waals surface area contributed by atoms with Crippen molar-refractivity contribution in [3.63, 3.8) is 0 Å². The molecule has 7 heteroatoms. The van der Waals surface area contributed by atoms with Crippen LogP contribution in [0, 0.1) is 0 Å². The van der Waals surface area contributed by atoms with Gasteiger partial charge in [-0.2, -0.15) is 0 Å². The Morgan fingerprint density at radius 2 is 1.57 bits per heavy atom. The summed E-state index contributed by atoms with van der Waals surface area (Å²) >= 11 is 24.5. The van der Waals surface area contributed by atoms with Gasteiger partial charge in [0.25, 0.3) is 0 Å². The Kier molecular flexibility index (Phi) is 7.19. The van der Waals surface area contributed by atoms with Crippen molar-refractivity contribution in [1.82, 2.24) is 0 Å². The maximum atomic E-state index is 6.19. The molecular formula is C21H17Cl4NO2. The molecule has 0 aliphatic carbocycles. The average molecular weight is 457 g/mol. The second-order valence-corrected chi connectivity index (χ2v) is 7.61. The van der Waals surface area contributed by atoms with E-state index < -0.39 is 0 Å². The highest BCUT2D eigenvalue weighted by Gasteiger charge is 2.10. The number of benzene rings is 3. The molecule has 1 N–H and O–H groups in total. The predicted octanol–water partition coefficient (Wildman–Crippen LogP) is 7.50. The molecule has 0 saturated carbocycles. The Balaban J connectivity index is 1.69. The van der Waals surface area contributed by atoms with Crippen LogP contribution in [0.25, 0.3) is 0 Å². The quantitative estimate of drug-likeness (QED) is 0.399. The van der Waals surface area contributed by atoms with Crippen LogP contribution in [-0.4, -0.2) is 7.11 Å². The first-order valence-corrected chi connectivity index (χ1v) is 9.90. The molecule has 0 heterocycles. The third-order valence-corrected chi connectivity index (χ3v) is 5.33. The molecule has 28 heavy (non-hydrogen) atoms. The van der Waals surface area contributed by atoms with E-state index in [0.29, 0.717) is 38.1 Å². The number of halogens is 4. The van der Waals surface area contributed by atoms with Crippen LogP contribution in [0.5, 0.6) is 11.5 Å². The molecule has 0 fully saturated rings. The number of hydrogen-bond acceptors (Lipinski definition) is 3. The molecule has 0 bridgehead atoms. The van der Waals surface area contributed by atoms with E-state index in [9.17, 15) is 0 Å². The van der Waals surface area contributed by atoms with Crippen LogP contribution in [0.2, 0.25) is 20.1 Å². The summed E-state index contributed by atoms with van der Waals surface area (Å²) < 4.78 is 11.3. The molecule has 3 aromatic carbocycles. The summed E-state index contributed by atoms with van der Waals surface area (Å²) in [4.78, 5) is 0. The van der Waals surface area contributed by atoms with Gasteiger partial charge in [0, 0.05) is 27.2 Å². The lowest BCUT2D eigenvalue weighted by molar-refractivity contribution is 0.284. The first-order valence-electron chi connectivity index (χ1n) is 8.39. The van der Waals surface area contributed by atoms with E-state index in [1.807, 2.05) is 24.3 Å². The van der Waals surface area contributed by atoms with Crippen molar-refractivity contribution in [3.05, 3.63) is 85.8 Å². The minimum Gasteiger partial charge on any atom is -0.493 e. The SMILES string of the molecule is COc1cc(CNc2ccc(Cl)cc2Cl)ccc1OCc1c(Cl)cccc1Cl. The molecule has 0 atom stereocenters. The van der Waals surface area contributed by atoms with Crippen molar-refractivity contribution in [1.29, 1.82) is 0 Å². The molecule has 0 radical (unpaired) electrons. The summed E-state index contributed by atoms with van der Waals surface area (Å²) in [7, 11) is 1.60. The summed E-state index contributed by atoms with van der Waals surface area (Å²) in [5.74, 6) is 1.22. The Morgan fingerprint density at radius 1 is 0.821 bits per heavy atom. The van der Waals surface area contributed by atoms with Crippen LogP contribution >= 0.6 is 46.4 Å². The minimum atomic E-state index is 0.243. The summed E-state index contributed by atoms with van der Waals surface area (Å²) in [6.07, 6.45) is 0. The fourth-order valence-electron chi connectivity index (χ4n) is 2.59. The van der Waals surface area contributed by atoms with Crippen LogP contribution in [-0.2, 0) is 13.2 Å². The molecule has 0 saturated heterocycles. The number of nitrogens with one attached hydrogen (secondary N) is 1. The Morgan fingerprint density at radius 3 is 2.25 bits per heavy atom. The van der Waals surface area contributed by atoms with Gasteiger partial charge in [-0.25, -0.2) is 0 Å². The Hall–Kier alpha value is -1.78. The summed E-state index contributed by atoms with van der Waals surface area (Å²) in [5.41, 5.74) is 2.54.